The molecule has 24 heavy (non-hydrogen) atoms. The Morgan fingerprint density at radius 2 is 1.79 bits per heavy atom. The first-order chi connectivity index (χ1) is 11.8. The van der Waals surface area contributed by atoms with E-state index in [1.54, 1.807) is 6.20 Å². The lowest BCUT2D eigenvalue weighted by molar-refractivity contribution is 0.0377. The van der Waals surface area contributed by atoms with E-state index in [2.05, 4.69) is 44.7 Å². The molecule has 1 aliphatic carbocycles. The van der Waals surface area contributed by atoms with Gasteiger partial charge in [0.05, 0.1) is 5.56 Å². The lowest BCUT2D eigenvalue weighted by Crippen LogP contribution is -2.20. The first-order valence-electron chi connectivity index (χ1n) is 8.46. The Morgan fingerprint density at radius 1 is 1.04 bits per heavy atom. The number of aromatic nitrogens is 2. The third-order valence-electron chi connectivity index (χ3n) is 4.81. The van der Waals surface area contributed by atoms with Crippen molar-refractivity contribution in [2.75, 3.05) is 5.73 Å². The second-order valence-electron chi connectivity index (χ2n) is 6.37. The summed E-state index contributed by atoms with van der Waals surface area (Å²) in [6, 6.07) is 8.63. The minimum absolute atomic E-state index is 0.375. The quantitative estimate of drug-likeness (QED) is 0.906. The molecular formula is C18H21N5O. The van der Waals surface area contributed by atoms with Crippen molar-refractivity contribution >= 4 is 11.7 Å². The Labute approximate surface area is 141 Å². The van der Waals surface area contributed by atoms with Gasteiger partial charge in [-0.1, -0.05) is 43.5 Å². The van der Waals surface area contributed by atoms with Crippen LogP contribution in [-0.2, 0) is 4.84 Å². The molecule has 1 saturated carbocycles. The number of hydrogen-bond donors (Lipinski definition) is 2. The average Bonchev–Trinajstić information content (AvgIpc) is 3.13. The molecule has 2 aliphatic rings. The molecule has 0 amide bonds. The average molecular weight is 323 g/mol. The number of aliphatic imine (C=N–C) groups is 1. The second kappa shape index (κ2) is 6.57. The van der Waals surface area contributed by atoms with Crippen LogP contribution in [0.25, 0.3) is 0 Å². The van der Waals surface area contributed by atoms with Gasteiger partial charge in [-0.25, -0.2) is 25.3 Å². The molecule has 1 fully saturated rings. The highest BCUT2D eigenvalue weighted by Crippen LogP contribution is 2.33. The first kappa shape index (κ1) is 15.1. The van der Waals surface area contributed by atoms with Crippen molar-refractivity contribution in [1.82, 2.24) is 15.4 Å². The zero-order valence-electron chi connectivity index (χ0n) is 13.5. The Morgan fingerprint density at radius 3 is 2.54 bits per heavy atom. The molecule has 0 bridgehead atoms. The third-order valence-corrected chi connectivity index (χ3v) is 4.81. The van der Waals surface area contributed by atoms with Crippen LogP contribution in [0.1, 0.15) is 60.9 Å². The smallest absolute Gasteiger partial charge is 0.202 e. The van der Waals surface area contributed by atoms with Crippen molar-refractivity contribution in [3.05, 3.63) is 53.5 Å². The second-order valence-corrected chi connectivity index (χ2v) is 6.37. The first-order valence-corrected chi connectivity index (χ1v) is 8.46. The van der Waals surface area contributed by atoms with Gasteiger partial charge in [0.1, 0.15) is 12.1 Å². The molecule has 1 aliphatic heterocycles. The highest BCUT2D eigenvalue weighted by atomic mass is 16.7. The van der Waals surface area contributed by atoms with Crippen LogP contribution >= 0.6 is 0 Å². The molecule has 0 spiro atoms. The fraction of sp³-hybridized carbons (Fsp3) is 0.389. The maximum atomic E-state index is 5.86. The summed E-state index contributed by atoms with van der Waals surface area (Å²) < 4.78 is 0. The molecule has 6 heteroatoms. The molecule has 3 N–H and O–H groups in total. The van der Waals surface area contributed by atoms with Crippen LogP contribution in [0.4, 0.5) is 5.82 Å². The number of benzene rings is 1. The monoisotopic (exact) mass is 323 g/mol. The summed E-state index contributed by atoms with van der Waals surface area (Å²) in [6.45, 7) is 0. The minimum Gasteiger partial charge on any atom is -0.383 e. The van der Waals surface area contributed by atoms with E-state index in [-0.39, 0.29) is 6.23 Å². The summed E-state index contributed by atoms with van der Waals surface area (Å²) >= 11 is 0. The lowest BCUT2D eigenvalue weighted by atomic mass is 9.84. The fourth-order valence-electron chi connectivity index (χ4n) is 3.44. The number of hydroxylamine groups is 1. The third kappa shape index (κ3) is 2.97. The number of anilines is 1. The van der Waals surface area contributed by atoms with E-state index in [1.807, 2.05) is 0 Å². The topological polar surface area (TPSA) is 85.4 Å². The number of nitrogens with two attached hydrogens (primary N) is 1. The van der Waals surface area contributed by atoms with Crippen molar-refractivity contribution in [3.8, 4) is 0 Å². The van der Waals surface area contributed by atoms with E-state index < -0.39 is 0 Å². The molecule has 4 rings (SSSR count). The molecule has 6 nitrogen and oxygen atoms in total. The summed E-state index contributed by atoms with van der Waals surface area (Å²) in [7, 11) is 0. The maximum Gasteiger partial charge on any atom is 0.202 e. The van der Waals surface area contributed by atoms with Crippen molar-refractivity contribution in [2.24, 2.45) is 4.99 Å². The number of hydrogen-bond acceptors (Lipinski definition) is 6. The van der Waals surface area contributed by atoms with E-state index in [4.69, 9.17) is 10.6 Å². The number of nitrogens with zero attached hydrogens (tertiary/aromatic N) is 3. The van der Waals surface area contributed by atoms with Crippen molar-refractivity contribution in [3.63, 3.8) is 0 Å². The molecule has 0 unspecified atom stereocenters. The zero-order valence-corrected chi connectivity index (χ0v) is 13.5. The van der Waals surface area contributed by atoms with Gasteiger partial charge < -0.3 is 5.73 Å². The van der Waals surface area contributed by atoms with Crippen molar-refractivity contribution < 1.29 is 4.84 Å². The van der Waals surface area contributed by atoms with E-state index in [0.29, 0.717) is 23.1 Å². The summed E-state index contributed by atoms with van der Waals surface area (Å²) in [5.41, 5.74) is 11.8. The Balaban J connectivity index is 1.51. The Kier molecular flexibility index (Phi) is 4.13. The van der Waals surface area contributed by atoms with Gasteiger partial charge in [0, 0.05) is 11.8 Å². The summed E-state index contributed by atoms with van der Waals surface area (Å²) in [5.74, 6) is 1.65. The van der Waals surface area contributed by atoms with Gasteiger partial charge in [0.2, 0.25) is 6.23 Å². The predicted molar refractivity (Wildman–Crippen MR) is 92.2 cm³/mol. The maximum absolute atomic E-state index is 5.86. The van der Waals surface area contributed by atoms with Gasteiger partial charge in [0.15, 0.2) is 5.84 Å². The zero-order chi connectivity index (χ0) is 16.4. The standard InChI is InChI=1S/C18H21N5O/c19-16-15(10-20-11-21-16)17-22-18(24-23-17)14-8-6-13(7-9-14)12-4-2-1-3-5-12/h6-12,18H,1-5H2,(H,22,23)(H2,19,20,21)/t18-/m0/s1. The van der Waals surface area contributed by atoms with Crippen LogP contribution in [0.15, 0.2) is 41.8 Å². The SMILES string of the molecule is Nc1ncncc1C1=N[C@H](c2ccc(C3CCCCC3)cc2)ON1. The molecule has 1 aromatic heterocycles. The van der Waals surface area contributed by atoms with E-state index in [0.717, 1.165) is 5.56 Å². The molecular weight excluding hydrogens is 302 g/mol. The number of rotatable bonds is 3. The molecule has 0 radical (unpaired) electrons. The van der Waals surface area contributed by atoms with Crippen LogP contribution in [0, 0.1) is 0 Å². The van der Waals surface area contributed by atoms with Crippen LogP contribution < -0.4 is 11.2 Å². The highest BCUT2D eigenvalue weighted by molar-refractivity contribution is 6.02. The number of nitrogen functional groups attached to an aromatic ring is 1. The normalized spacial score (nSPS) is 21.3. The molecule has 1 atom stereocenters. The van der Waals surface area contributed by atoms with Gasteiger partial charge in [-0.05, 0) is 24.3 Å². The van der Waals surface area contributed by atoms with Crippen molar-refractivity contribution in [2.45, 2.75) is 44.2 Å². The Hall–Kier alpha value is -2.47. The fourth-order valence-corrected chi connectivity index (χ4v) is 3.44. The summed E-state index contributed by atoms with van der Waals surface area (Å²) in [6.07, 6.45) is 9.34. The van der Waals surface area contributed by atoms with Gasteiger partial charge in [-0.3, -0.25) is 0 Å². The van der Waals surface area contributed by atoms with Crippen LogP contribution in [0.3, 0.4) is 0 Å². The molecule has 2 aromatic rings. The summed E-state index contributed by atoms with van der Waals surface area (Å²) in [5, 5.41) is 0. The highest BCUT2D eigenvalue weighted by Gasteiger charge is 2.23. The van der Waals surface area contributed by atoms with Gasteiger partial charge in [-0.15, -0.1) is 0 Å². The van der Waals surface area contributed by atoms with E-state index in [9.17, 15) is 0 Å². The van der Waals surface area contributed by atoms with Crippen LogP contribution in [0.2, 0.25) is 0 Å². The van der Waals surface area contributed by atoms with Crippen molar-refractivity contribution in [1.29, 1.82) is 0 Å². The Bertz CT molecular complexity index is 737. The molecule has 0 saturated heterocycles. The largest absolute Gasteiger partial charge is 0.383 e. The molecule has 1 aromatic carbocycles. The summed E-state index contributed by atoms with van der Waals surface area (Å²) in [4.78, 5) is 18.1. The van der Waals surface area contributed by atoms with Crippen LogP contribution in [-0.4, -0.2) is 15.8 Å². The lowest BCUT2D eigenvalue weighted by Gasteiger charge is -2.22. The van der Waals surface area contributed by atoms with E-state index >= 15 is 0 Å². The number of nitrogens with one attached hydrogen (secondary N) is 1. The molecule has 124 valence electrons. The van der Waals surface area contributed by atoms with Gasteiger partial charge >= 0.3 is 0 Å². The number of amidine groups is 1. The predicted octanol–water partition coefficient (Wildman–Crippen LogP) is 3.09. The van der Waals surface area contributed by atoms with E-state index in [1.165, 1.54) is 44.0 Å². The minimum atomic E-state index is -0.375. The van der Waals surface area contributed by atoms with Crippen LogP contribution in [0.5, 0.6) is 0 Å². The van der Waals surface area contributed by atoms with Gasteiger partial charge in [-0.2, -0.15) is 0 Å². The van der Waals surface area contributed by atoms with Gasteiger partial charge in [0.25, 0.3) is 0 Å². The molecule has 2 heterocycles.